The van der Waals surface area contributed by atoms with Crippen molar-refractivity contribution in [1.29, 1.82) is 5.26 Å². The molecule has 0 aliphatic carbocycles. The number of carbonyl (C=O) groups excluding carboxylic acids is 1. The number of benzene rings is 1. The van der Waals surface area contributed by atoms with E-state index in [0.717, 1.165) is 5.56 Å². The van der Waals surface area contributed by atoms with Crippen LogP contribution in [0.2, 0.25) is 0 Å². The van der Waals surface area contributed by atoms with E-state index >= 15 is 0 Å². The second-order valence-electron chi connectivity index (χ2n) is 4.93. The topological polar surface area (TPSA) is 69.9 Å². The van der Waals surface area contributed by atoms with Crippen LogP contribution in [0.4, 0.5) is 0 Å². The van der Waals surface area contributed by atoms with Gasteiger partial charge in [0.2, 0.25) is 0 Å². The SMILES string of the molecule is CC(C)N(Cc1ccc(C#N)cc1)C(=O)c1cnccn1. The molecule has 0 spiro atoms. The Balaban J connectivity index is 2.19. The minimum Gasteiger partial charge on any atom is -0.331 e. The van der Waals surface area contributed by atoms with Gasteiger partial charge in [0.25, 0.3) is 5.91 Å². The lowest BCUT2D eigenvalue weighted by atomic mass is 10.1. The van der Waals surface area contributed by atoms with Crippen LogP contribution in [0, 0.1) is 11.3 Å². The third kappa shape index (κ3) is 3.63. The molecule has 0 aliphatic rings. The van der Waals surface area contributed by atoms with E-state index in [1.807, 2.05) is 26.0 Å². The summed E-state index contributed by atoms with van der Waals surface area (Å²) in [6.07, 6.45) is 4.51. The van der Waals surface area contributed by atoms with Crippen LogP contribution in [0.3, 0.4) is 0 Å². The van der Waals surface area contributed by atoms with Gasteiger partial charge in [-0.1, -0.05) is 12.1 Å². The largest absolute Gasteiger partial charge is 0.331 e. The van der Waals surface area contributed by atoms with Gasteiger partial charge in [0.15, 0.2) is 0 Å². The molecule has 0 radical (unpaired) electrons. The van der Waals surface area contributed by atoms with Gasteiger partial charge in [-0.15, -0.1) is 0 Å². The number of nitriles is 1. The Morgan fingerprint density at radius 3 is 2.52 bits per heavy atom. The highest BCUT2D eigenvalue weighted by Gasteiger charge is 2.20. The van der Waals surface area contributed by atoms with E-state index in [-0.39, 0.29) is 11.9 Å². The maximum atomic E-state index is 12.5. The average molecular weight is 280 g/mol. The van der Waals surface area contributed by atoms with Gasteiger partial charge in [-0.25, -0.2) is 4.98 Å². The first kappa shape index (κ1) is 14.7. The van der Waals surface area contributed by atoms with Gasteiger partial charge in [-0.3, -0.25) is 9.78 Å². The van der Waals surface area contributed by atoms with Crippen LogP contribution >= 0.6 is 0 Å². The third-order valence-electron chi connectivity index (χ3n) is 3.10. The quantitative estimate of drug-likeness (QED) is 0.862. The summed E-state index contributed by atoms with van der Waals surface area (Å²) in [4.78, 5) is 22.2. The van der Waals surface area contributed by atoms with Crippen LogP contribution in [0.1, 0.15) is 35.5 Å². The molecule has 5 heteroatoms. The Labute approximate surface area is 123 Å². The van der Waals surface area contributed by atoms with Crippen LogP contribution < -0.4 is 0 Å². The van der Waals surface area contributed by atoms with E-state index in [0.29, 0.717) is 17.8 Å². The fourth-order valence-corrected chi connectivity index (χ4v) is 1.93. The van der Waals surface area contributed by atoms with E-state index in [9.17, 15) is 4.79 Å². The molecule has 0 N–H and O–H groups in total. The summed E-state index contributed by atoms with van der Waals surface area (Å²) in [6.45, 7) is 4.38. The average Bonchev–Trinajstić information content (AvgIpc) is 2.53. The lowest BCUT2D eigenvalue weighted by Gasteiger charge is -2.26. The molecule has 0 aliphatic heterocycles. The molecule has 1 heterocycles. The highest BCUT2D eigenvalue weighted by Crippen LogP contribution is 2.12. The van der Waals surface area contributed by atoms with Crippen LogP contribution in [0.25, 0.3) is 0 Å². The molecule has 0 saturated heterocycles. The summed E-state index contributed by atoms with van der Waals surface area (Å²) in [5.41, 5.74) is 1.91. The predicted octanol–water partition coefficient (Wildman–Crippen LogP) is 2.40. The summed E-state index contributed by atoms with van der Waals surface area (Å²) >= 11 is 0. The number of hydrogen-bond donors (Lipinski definition) is 0. The van der Waals surface area contributed by atoms with E-state index in [4.69, 9.17) is 5.26 Å². The second kappa shape index (κ2) is 6.62. The number of aromatic nitrogens is 2. The molecule has 0 atom stereocenters. The minimum atomic E-state index is -0.151. The van der Waals surface area contributed by atoms with Crippen molar-refractivity contribution < 1.29 is 4.79 Å². The first-order valence-corrected chi connectivity index (χ1v) is 6.68. The van der Waals surface area contributed by atoms with Crippen molar-refractivity contribution in [3.63, 3.8) is 0 Å². The summed E-state index contributed by atoms with van der Waals surface area (Å²) in [6, 6.07) is 9.34. The molecule has 0 unspecified atom stereocenters. The van der Waals surface area contributed by atoms with Crippen LogP contribution in [-0.2, 0) is 6.54 Å². The Kier molecular flexibility index (Phi) is 4.62. The second-order valence-corrected chi connectivity index (χ2v) is 4.93. The standard InChI is InChI=1S/C16H16N4O/c1-12(2)20(16(21)15-10-18-7-8-19-15)11-14-5-3-13(9-17)4-6-14/h3-8,10,12H,11H2,1-2H3. The summed E-state index contributed by atoms with van der Waals surface area (Å²) in [7, 11) is 0. The highest BCUT2D eigenvalue weighted by atomic mass is 16.2. The zero-order valence-corrected chi connectivity index (χ0v) is 12.0. The molecule has 0 bridgehead atoms. The van der Waals surface area contributed by atoms with Gasteiger partial charge in [-0.2, -0.15) is 5.26 Å². The zero-order chi connectivity index (χ0) is 15.2. The normalized spacial score (nSPS) is 10.2. The Morgan fingerprint density at radius 2 is 2.00 bits per heavy atom. The lowest BCUT2D eigenvalue weighted by Crippen LogP contribution is -2.36. The molecule has 0 saturated carbocycles. The molecule has 5 nitrogen and oxygen atoms in total. The van der Waals surface area contributed by atoms with Gasteiger partial charge in [-0.05, 0) is 31.5 Å². The third-order valence-corrected chi connectivity index (χ3v) is 3.10. The van der Waals surface area contributed by atoms with Crippen LogP contribution in [0.15, 0.2) is 42.9 Å². The molecule has 1 amide bonds. The molecule has 1 aromatic heterocycles. The van der Waals surface area contributed by atoms with Gasteiger partial charge >= 0.3 is 0 Å². The van der Waals surface area contributed by atoms with Crippen LogP contribution in [-0.4, -0.2) is 26.8 Å². The predicted molar refractivity (Wildman–Crippen MR) is 78.2 cm³/mol. The van der Waals surface area contributed by atoms with E-state index in [2.05, 4.69) is 16.0 Å². The van der Waals surface area contributed by atoms with Crippen molar-refractivity contribution in [3.05, 3.63) is 59.7 Å². The van der Waals surface area contributed by atoms with Crippen molar-refractivity contribution in [2.24, 2.45) is 0 Å². The van der Waals surface area contributed by atoms with Crippen molar-refractivity contribution in [2.75, 3.05) is 0 Å². The van der Waals surface area contributed by atoms with Crippen molar-refractivity contribution in [1.82, 2.24) is 14.9 Å². The number of carbonyl (C=O) groups is 1. The van der Waals surface area contributed by atoms with Crippen molar-refractivity contribution >= 4 is 5.91 Å². The van der Waals surface area contributed by atoms with E-state index in [1.165, 1.54) is 18.6 Å². The Bertz CT molecular complexity index is 644. The number of nitrogens with zero attached hydrogens (tertiary/aromatic N) is 4. The van der Waals surface area contributed by atoms with Crippen molar-refractivity contribution in [2.45, 2.75) is 26.4 Å². The molecule has 0 fully saturated rings. The lowest BCUT2D eigenvalue weighted by molar-refractivity contribution is 0.0683. The molecular formula is C16H16N4O. The summed E-state index contributed by atoms with van der Waals surface area (Å²) in [5.74, 6) is -0.151. The molecule has 106 valence electrons. The van der Waals surface area contributed by atoms with Gasteiger partial charge < -0.3 is 4.90 Å². The molecule has 2 rings (SSSR count). The molecule has 1 aromatic carbocycles. The molecule has 2 aromatic rings. The first-order chi connectivity index (χ1) is 10.1. The number of hydrogen-bond acceptors (Lipinski definition) is 4. The fraction of sp³-hybridized carbons (Fsp3) is 0.250. The highest BCUT2D eigenvalue weighted by molar-refractivity contribution is 5.92. The summed E-state index contributed by atoms with van der Waals surface area (Å²) in [5, 5.41) is 8.81. The maximum Gasteiger partial charge on any atom is 0.274 e. The Hall–Kier alpha value is -2.74. The first-order valence-electron chi connectivity index (χ1n) is 6.68. The Morgan fingerprint density at radius 1 is 1.29 bits per heavy atom. The van der Waals surface area contributed by atoms with Crippen LogP contribution in [0.5, 0.6) is 0 Å². The number of rotatable bonds is 4. The summed E-state index contributed by atoms with van der Waals surface area (Å²) < 4.78 is 0. The van der Waals surface area contributed by atoms with Gasteiger partial charge in [0, 0.05) is 25.0 Å². The minimum absolute atomic E-state index is 0.0372. The van der Waals surface area contributed by atoms with Crippen molar-refractivity contribution in [3.8, 4) is 6.07 Å². The van der Waals surface area contributed by atoms with E-state index < -0.39 is 0 Å². The molecular weight excluding hydrogens is 264 g/mol. The molecule has 21 heavy (non-hydrogen) atoms. The smallest absolute Gasteiger partial charge is 0.274 e. The van der Waals surface area contributed by atoms with E-state index in [1.54, 1.807) is 17.0 Å². The number of amides is 1. The monoisotopic (exact) mass is 280 g/mol. The van der Waals surface area contributed by atoms with Gasteiger partial charge in [0.1, 0.15) is 5.69 Å². The zero-order valence-electron chi connectivity index (χ0n) is 12.0. The maximum absolute atomic E-state index is 12.5. The van der Waals surface area contributed by atoms with Gasteiger partial charge in [0.05, 0.1) is 17.8 Å². The fourth-order valence-electron chi connectivity index (χ4n) is 1.93.